The maximum Gasteiger partial charge on any atom is 0.417 e. The number of carbonyl (C=O) groups excluding carboxylic acids is 1. The molecule has 2 amide bonds. The number of hydrogen-bond acceptors (Lipinski definition) is 5. The fourth-order valence-corrected chi connectivity index (χ4v) is 7.29. The minimum atomic E-state index is -4.35. The van der Waals surface area contributed by atoms with E-state index in [2.05, 4.69) is 15.2 Å². The molecule has 5 aliphatic rings. The van der Waals surface area contributed by atoms with Crippen molar-refractivity contribution >= 4 is 6.03 Å². The molecule has 0 aromatic carbocycles. The molecule has 2 spiro atoms. The lowest BCUT2D eigenvalue weighted by Gasteiger charge is -2.61. The van der Waals surface area contributed by atoms with Crippen molar-refractivity contribution in [2.24, 2.45) is 16.7 Å². The van der Waals surface area contributed by atoms with E-state index >= 15 is 0 Å². The van der Waals surface area contributed by atoms with E-state index < -0.39 is 11.7 Å². The second-order valence-corrected chi connectivity index (χ2v) is 12.6. The summed E-state index contributed by atoms with van der Waals surface area (Å²) in [6.07, 6.45) is 3.65. The molecule has 11 heteroatoms. The number of likely N-dealkylation sites (tertiary alicyclic amines) is 2. The van der Waals surface area contributed by atoms with Crippen LogP contribution in [0.4, 0.5) is 18.0 Å². The highest BCUT2D eigenvalue weighted by atomic mass is 19.4. The van der Waals surface area contributed by atoms with Crippen LogP contribution in [0, 0.1) is 16.7 Å². The summed E-state index contributed by atoms with van der Waals surface area (Å²) in [5, 5.41) is 7.49. The number of H-pyrrole nitrogens is 1. The van der Waals surface area contributed by atoms with Gasteiger partial charge < -0.3 is 14.5 Å². The fourth-order valence-electron chi connectivity index (χ4n) is 7.29. The van der Waals surface area contributed by atoms with Crippen LogP contribution in [0.2, 0.25) is 0 Å². The molecule has 204 valence electrons. The highest BCUT2D eigenvalue weighted by Gasteiger charge is 2.57. The number of carbonyl (C=O) groups is 1. The Hall–Kier alpha value is -2.69. The largest absolute Gasteiger partial charge is 0.417 e. The molecule has 0 radical (unpaired) electrons. The summed E-state index contributed by atoms with van der Waals surface area (Å²) in [7, 11) is 0. The number of hydrogen-bond donors (Lipinski definition) is 1. The first-order chi connectivity index (χ1) is 18.2. The van der Waals surface area contributed by atoms with Gasteiger partial charge in [-0.15, -0.1) is 0 Å². The molecule has 0 unspecified atom stereocenters. The molecular weight excluding hydrogens is 497 g/mol. The van der Waals surface area contributed by atoms with Gasteiger partial charge in [0.1, 0.15) is 5.82 Å². The fraction of sp³-hybridized carbons (Fsp3) is 0.704. The molecule has 0 bridgehead atoms. The number of amides is 2. The van der Waals surface area contributed by atoms with Gasteiger partial charge in [0, 0.05) is 54.8 Å². The number of alkyl halides is 3. The summed E-state index contributed by atoms with van der Waals surface area (Å²) >= 11 is 0. The van der Waals surface area contributed by atoms with Gasteiger partial charge in [-0.25, -0.2) is 9.78 Å². The van der Waals surface area contributed by atoms with Gasteiger partial charge in [0.05, 0.1) is 24.7 Å². The summed E-state index contributed by atoms with van der Waals surface area (Å²) in [6, 6.07) is 2.81. The highest BCUT2D eigenvalue weighted by molar-refractivity contribution is 5.76. The average molecular weight is 531 g/mol. The maximum absolute atomic E-state index is 13.1. The predicted octanol–water partition coefficient (Wildman–Crippen LogP) is 4.37. The van der Waals surface area contributed by atoms with Gasteiger partial charge in [0.15, 0.2) is 5.82 Å². The molecule has 2 aromatic heterocycles. The summed E-state index contributed by atoms with van der Waals surface area (Å²) in [5.41, 5.74) is 0.502. The van der Waals surface area contributed by atoms with Crippen molar-refractivity contribution in [2.75, 3.05) is 39.4 Å². The molecule has 1 N–H and O–H groups in total. The summed E-state index contributed by atoms with van der Waals surface area (Å²) in [5.74, 6) is 3.04. The Morgan fingerprint density at radius 3 is 2.29 bits per heavy atom. The molecule has 5 heterocycles. The highest BCUT2D eigenvalue weighted by Crippen LogP contribution is 2.56. The normalized spacial score (nSPS) is 25.1. The topological polar surface area (TPSA) is 87.2 Å². The Labute approximate surface area is 219 Å². The van der Waals surface area contributed by atoms with Gasteiger partial charge >= 0.3 is 12.2 Å². The van der Waals surface area contributed by atoms with Crippen molar-refractivity contribution in [3.05, 3.63) is 41.2 Å². The van der Waals surface area contributed by atoms with Crippen LogP contribution in [0.3, 0.4) is 0 Å². The van der Waals surface area contributed by atoms with Crippen LogP contribution in [-0.2, 0) is 17.3 Å². The molecule has 7 rings (SSSR count). The molecule has 2 aromatic rings. The van der Waals surface area contributed by atoms with Crippen LogP contribution in [0.5, 0.6) is 0 Å². The number of aromatic amines is 1. The Morgan fingerprint density at radius 2 is 1.71 bits per heavy atom. The molecule has 8 nitrogen and oxygen atoms in total. The number of nitrogens with zero attached hydrogens (tertiary/aromatic N) is 5. The van der Waals surface area contributed by atoms with E-state index in [4.69, 9.17) is 9.72 Å². The third kappa shape index (κ3) is 4.26. The van der Waals surface area contributed by atoms with Crippen molar-refractivity contribution in [1.29, 1.82) is 0 Å². The molecule has 3 saturated heterocycles. The minimum Gasteiger partial charge on any atom is -0.380 e. The third-order valence-electron chi connectivity index (χ3n) is 9.73. The van der Waals surface area contributed by atoms with Crippen LogP contribution in [0.15, 0.2) is 18.3 Å². The summed E-state index contributed by atoms with van der Waals surface area (Å²) in [6.45, 7) is 4.75. The second kappa shape index (κ2) is 8.66. The molecule has 3 aliphatic heterocycles. The average Bonchev–Trinajstić information content (AvgIpc) is 3.23. The van der Waals surface area contributed by atoms with Crippen LogP contribution < -0.4 is 0 Å². The van der Waals surface area contributed by atoms with Gasteiger partial charge in [-0.3, -0.25) is 10.1 Å². The van der Waals surface area contributed by atoms with Crippen LogP contribution in [-0.4, -0.2) is 75.4 Å². The van der Waals surface area contributed by atoms with E-state index in [1.54, 1.807) is 0 Å². The Balaban J connectivity index is 0.834. The first kappa shape index (κ1) is 24.4. The van der Waals surface area contributed by atoms with Crippen molar-refractivity contribution < 1.29 is 22.7 Å². The first-order valence-corrected chi connectivity index (χ1v) is 13.8. The quantitative estimate of drug-likeness (QED) is 0.635. The van der Waals surface area contributed by atoms with Gasteiger partial charge in [0.25, 0.3) is 0 Å². The molecule has 38 heavy (non-hydrogen) atoms. The molecule has 5 fully saturated rings. The lowest BCUT2D eigenvalue weighted by atomic mass is 9.57. The zero-order valence-corrected chi connectivity index (χ0v) is 21.3. The van der Waals surface area contributed by atoms with Gasteiger partial charge in [-0.1, -0.05) is 0 Å². The Morgan fingerprint density at radius 1 is 1.03 bits per heavy atom. The van der Waals surface area contributed by atoms with Crippen LogP contribution >= 0.6 is 0 Å². The minimum absolute atomic E-state index is 0.174. The van der Waals surface area contributed by atoms with E-state index in [0.717, 1.165) is 101 Å². The number of pyridine rings is 1. The van der Waals surface area contributed by atoms with Crippen molar-refractivity contribution in [2.45, 2.75) is 63.0 Å². The monoisotopic (exact) mass is 530 g/mol. The number of rotatable bonds is 4. The Bertz CT molecular complexity index is 1180. The van der Waals surface area contributed by atoms with Crippen molar-refractivity contribution in [3.63, 3.8) is 0 Å². The number of ether oxygens (including phenoxy) is 1. The van der Waals surface area contributed by atoms with E-state index in [1.165, 1.54) is 6.07 Å². The standard InChI is InChI=1S/C27H33F3N6O2/c28-27(29,30)20-1-2-21(31-10-20)7-17-3-5-25(6-4-17)13-35(14-25)24(37)36-15-26(16-36)8-18(9-26)22-32-23(34-33-22)19-11-38-12-19/h1-2,10,17-19H,3-9,11-16H2,(H,32,33,34). The van der Waals surface area contributed by atoms with Gasteiger partial charge in [0.2, 0.25) is 0 Å². The third-order valence-corrected chi connectivity index (χ3v) is 9.73. The van der Waals surface area contributed by atoms with Crippen molar-refractivity contribution in [3.8, 4) is 0 Å². The second-order valence-electron chi connectivity index (χ2n) is 12.6. The number of urea groups is 1. The zero-order valence-electron chi connectivity index (χ0n) is 21.3. The molecule has 0 atom stereocenters. The smallest absolute Gasteiger partial charge is 0.380 e. The van der Waals surface area contributed by atoms with Gasteiger partial charge in [-0.05, 0) is 63.0 Å². The van der Waals surface area contributed by atoms with Gasteiger partial charge in [-0.2, -0.15) is 18.3 Å². The number of nitrogens with one attached hydrogen (secondary N) is 1. The van der Waals surface area contributed by atoms with E-state index in [9.17, 15) is 18.0 Å². The van der Waals surface area contributed by atoms with E-state index in [0.29, 0.717) is 31.0 Å². The molecular formula is C27H33F3N6O2. The van der Waals surface area contributed by atoms with E-state index in [-0.39, 0.29) is 16.9 Å². The maximum atomic E-state index is 13.1. The van der Waals surface area contributed by atoms with Crippen molar-refractivity contribution in [1.82, 2.24) is 30.0 Å². The summed E-state index contributed by atoms with van der Waals surface area (Å²) < 4.78 is 43.5. The molecule has 2 aliphatic carbocycles. The Kier molecular flexibility index (Phi) is 5.55. The van der Waals surface area contributed by atoms with Crippen LogP contribution in [0.25, 0.3) is 0 Å². The zero-order chi connectivity index (χ0) is 26.1. The SMILES string of the molecule is O=C(N1CC2(CCC(Cc3ccc(C(F)(F)F)cn3)CC2)C1)N1CC2(CC(c3nc(C4COC4)n[nH]3)C2)C1. The predicted molar refractivity (Wildman–Crippen MR) is 130 cm³/mol. The summed E-state index contributed by atoms with van der Waals surface area (Å²) in [4.78, 5) is 25.8. The lowest BCUT2D eigenvalue weighted by molar-refractivity contribution is -0.137. The number of halogens is 3. The van der Waals surface area contributed by atoms with Crippen LogP contribution in [0.1, 0.15) is 73.3 Å². The van der Waals surface area contributed by atoms with E-state index in [1.807, 2.05) is 9.80 Å². The number of aromatic nitrogens is 4. The first-order valence-electron chi connectivity index (χ1n) is 13.8. The lowest BCUT2D eigenvalue weighted by Crippen LogP contribution is -2.69. The molecule has 2 saturated carbocycles.